The number of anilines is 1. The number of allylic oxidation sites excluding steroid dienone is 1. The molecule has 1 aromatic carbocycles. The van der Waals surface area contributed by atoms with E-state index in [-0.39, 0.29) is 18.0 Å². The highest BCUT2D eigenvalue weighted by molar-refractivity contribution is 7.80. The molecule has 3 rings (SSSR count). The summed E-state index contributed by atoms with van der Waals surface area (Å²) in [6.45, 7) is 5.50. The summed E-state index contributed by atoms with van der Waals surface area (Å²) in [7, 11) is 1.82. The summed E-state index contributed by atoms with van der Waals surface area (Å²) >= 11 is 6.98. The van der Waals surface area contributed by atoms with Gasteiger partial charge in [-0.25, -0.2) is 4.79 Å². The lowest BCUT2D eigenvalue weighted by molar-refractivity contribution is -0.143. The van der Waals surface area contributed by atoms with E-state index >= 15 is 0 Å². The summed E-state index contributed by atoms with van der Waals surface area (Å²) < 4.78 is 5.46. The van der Waals surface area contributed by atoms with Crippen LogP contribution in [0, 0.1) is 0 Å². The van der Waals surface area contributed by atoms with Crippen molar-refractivity contribution < 1.29 is 14.3 Å². The van der Waals surface area contributed by atoms with Crippen LogP contribution in [0.5, 0.6) is 0 Å². The third-order valence-electron chi connectivity index (χ3n) is 4.76. The molecule has 2 aromatic rings. The molecule has 0 unspecified atom stereocenters. The molecule has 1 atom stereocenters. The molecule has 158 valence electrons. The lowest BCUT2D eigenvalue weighted by Crippen LogP contribution is -2.46. The Bertz CT molecular complexity index is 966. The van der Waals surface area contributed by atoms with Gasteiger partial charge in [-0.15, -0.1) is 11.3 Å². The van der Waals surface area contributed by atoms with Gasteiger partial charge in [0.25, 0.3) is 0 Å². The zero-order valence-electron chi connectivity index (χ0n) is 17.4. The Labute approximate surface area is 185 Å². The van der Waals surface area contributed by atoms with Gasteiger partial charge in [0.15, 0.2) is 5.11 Å². The fourth-order valence-electron chi connectivity index (χ4n) is 3.16. The van der Waals surface area contributed by atoms with E-state index in [1.807, 2.05) is 69.6 Å². The van der Waals surface area contributed by atoms with Crippen LogP contribution in [0.15, 0.2) is 53.0 Å². The van der Waals surface area contributed by atoms with Crippen LogP contribution in [-0.4, -0.2) is 35.0 Å². The van der Waals surface area contributed by atoms with Crippen molar-refractivity contribution >= 4 is 46.2 Å². The molecule has 1 aliphatic rings. The first kappa shape index (κ1) is 22.0. The molecule has 0 bridgehead atoms. The van der Waals surface area contributed by atoms with Gasteiger partial charge in [-0.3, -0.25) is 4.79 Å². The maximum atomic E-state index is 12.8. The SMILES string of the molecule is CC1=C(C(=O)OC(C)C)[C@@H](c2ccc(NC(=O)Cc3cccs3)cc2)NC(=S)N1C. The monoisotopic (exact) mass is 443 g/mol. The number of nitrogens with one attached hydrogen (secondary N) is 2. The minimum Gasteiger partial charge on any atom is -0.459 e. The van der Waals surface area contributed by atoms with E-state index in [2.05, 4.69) is 10.6 Å². The van der Waals surface area contributed by atoms with Crippen molar-refractivity contribution in [2.75, 3.05) is 12.4 Å². The van der Waals surface area contributed by atoms with Crippen LogP contribution in [0.3, 0.4) is 0 Å². The first-order chi connectivity index (χ1) is 14.3. The minimum atomic E-state index is -0.421. The summed E-state index contributed by atoms with van der Waals surface area (Å²) in [6, 6.07) is 10.9. The number of ether oxygens (including phenoxy) is 1. The van der Waals surface area contributed by atoms with Crippen molar-refractivity contribution in [3.05, 3.63) is 63.5 Å². The quantitative estimate of drug-likeness (QED) is 0.519. The average molecular weight is 444 g/mol. The van der Waals surface area contributed by atoms with E-state index in [4.69, 9.17) is 17.0 Å². The fourth-order valence-corrected chi connectivity index (χ4v) is 4.12. The predicted octanol–water partition coefficient (Wildman–Crippen LogP) is 4.02. The van der Waals surface area contributed by atoms with Gasteiger partial charge in [0.2, 0.25) is 5.91 Å². The predicted molar refractivity (Wildman–Crippen MR) is 123 cm³/mol. The second-order valence-corrected chi connectivity index (χ2v) is 8.74. The van der Waals surface area contributed by atoms with Gasteiger partial charge < -0.3 is 20.3 Å². The van der Waals surface area contributed by atoms with Crippen molar-refractivity contribution in [2.45, 2.75) is 39.3 Å². The molecule has 0 spiro atoms. The number of carbonyl (C=O) groups is 2. The van der Waals surface area contributed by atoms with Crippen molar-refractivity contribution in [3.63, 3.8) is 0 Å². The number of nitrogens with zero attached hydrogens (tertiary/aromatic N) is 1. The molecule has 0 radical (unpaired) electrons. The van der Waals surface area contributed by atoms with Gasteiger partial charge in [0.05, 0.1) is 24.1 Å². The molecular formula is C22H25N3O3S2. The van der Waals surface area contributed by atoms with Crippen molar-refractivity contribution in [1.29, 1.82) is 0 Å². The number of amides is 1. The fraction of sp³-hybridized carbons (Fsp3) is 0.318. The number of hydrogen-bond donors (Lipinski definition) is 2. The van der Waals surface area contributed by atoms with Crippen LogP contribution in [0.1, 0.15) is 37.3 Å². The van der Waals surface area contributed by atoms with Gasteiger partial charge >= 0.3 is 5.97 Å². The lowest BCUT2D eigenvalue weighted by Gasteiger charge is -2.35. The standard InChI is InChI=1S/C22H25N3O3S2/c1-13(2)28-21(27)19-14(3)25(4)22(29)24-20(19)15-7-9-16(10-8-15)23-18(26)12-17-6-5-11-30-17/h5-11,13,20H,12H2,1-4H3,(H,23,26)(H,24,29)/t20-/m1/s1. The second-order valence-electron chi connectivity index (χ2n) is 7.32. The van der Waals surface area contributed by atoms with Crippen LogP contribution < -0.4 is 10.6 Å². The normalized spacial score (nSPS) is 16.5. The Morgan fingerprint density at radius 2 is 1.97 bits per heavy atom. The highest BCUT2D eigenvalue weighted by atomic mass is 32.1. The molecule has 0 fully saturated rings. The third-order valence-corrected chi connectivity index (χ3v) is 6.03. The summed E-state index contributed by atoms with van der Waals surface area (Å²) in [6.07, 6.45) is 0.121. The highest BCUT2D eigenvalue weighted by Crippen LogP contribution is 2.31. The Kier molecular flexibility index (Phi) is 6.89. The smallest absolute Gasteiger partial charge is 0.338 e. The molecule has 6 nitrogen and oxygen atoms in total. The maximum Gasteiger partial charge on any atom is 0.338 e. The topological polar surface area (TPSA) is 70.7 Å². The molecule has 1 aromatic heterocycles. The molecule has 0 saturated heterocycles. The van der Waals surface area contributed by atoms with Crippen LogP contribution in [0.2, 0.25) is 0 Å². The van der Waals surface area contributed by atoms with Gasteiger partial charge in [-0.1, -0.05) is 18.2 Å². The molecule has 0 saturated carbocycles. The van der Waals surface area contributed by atoms with Crippen LogP contribution >= 0.6 is 23.6 Å². The highest BCUT2D eigenvalue weighted by Gasteiger charge is 2.33. The zero-order valence-corrected chi connectivity index (χ0v) is 19.0. The van der Waals surface area contributed by atoms with Gasteiger partial charge in [0.1, 0.15) is 0 Å². The van der Waals surface area contributed by atoms with Crippen molar-refractivity contribution in [1.82, 2.24) is 10.2 Å². The Morgan fingerprint density at radius 1 is 1.27 bits per heavy atom. The first-order valence-corrected chi connectivity index (χ1v) is 10.9. The molecule has 0 aliphatic carbocycles. The number of hydrogen-bond acceptors (Lipinski definition) is 5. The molecule has 2 N–H and O–H groups in total. The number of carbonyl (C=O) groups excluding carboxylic acids is 2. The van der Waals surface area contributed by atoms with Crippen LogP contribution in [0.4, 0.5) is 5.69 Å². The lowest BCUT2D eigenvalue weighted by atomic mass is 9.95. The molecule has 30 heavy (non-hydrogen) atoms. The molecule has 1 aliphatic heterocycles. The number of thiophene rings is 1. The van der Waals surface area contributed by atoms with Gasteiger partial charge in [-0.05, 0) is 62.1 Å². The zero-order chi connectivity index (χ0) is 21.8. The average Bonchev–Trinajstić information content (AvgIpc) is 3.18. The van der Waals surface area contributed by atoms with E-state index in [0.29, 0.717) is 22.8 Å². The first-order valence-electron chi connectivity index (χ1n) is 9.64. The number of esters is 1. The van der Waals surface area contributed by atoms with E-state index in [9.17, 15) is 9.59 Å². The summed E-state index contributed by atoms with van der Waals surface area (Å²) in [5.41, 5.74) is 2.83. The second kappa shape index (κ2) is 9.40. The van der Waals surface area contributed by atoms with Crippen molar-refractivity contribution in [3.8, 4) is 0 Å². The Balaban J connectivity index is 1.79. The Morgan fingerprint density at radius 3 is 2.57 bits per heavy atom. The molecule has 2 heterocycles. The molecule has 1 amide bonds. The summed E-state index contributed by atoms with van der Waals surface area (Å²) in [4.78, 5) is 27.8. The Hall–Kier alpha value is -2.71. The largest absolute Gasteiger partial charge is 0.459 e. The summed E-state index contributed by atoms with van der Waals surface area (Å²) in [5.74, 6) is -0.441. The summed E-state index contributed by atoms with van der Waals surface area (Å²) in [5, 5.41) is 8.61. The third kappa shape index (κ3) is 5.06. The van der Waals surface area contributed by atoms with Crippen LogP contribution in [-0.2, 0) is 20.7 Å². The number of benzene rings is 1. The number of rotatable bonds is 6. The van der Waals surface area contributed by atoms with E-state index in [0.717, 1.165) is 16.1 Å². The maximum absolute atomic E-state index is 12.8. The van der Waals surface area contributed by atoms with E-state index in [1.165, 1.54) is 0 Å². The van der Waals surface area contributed by atoms with Crippen molar-refractivity contribution in [2.24, 2.45) is 0 Å². The minimum absolute atomic E-state index is 0.0688. The van der Waals surface area contributed by atoms with Gasteiger partial charge in [0, 0.05) is 23.3 Å². The van der Waals surface area contributed by atoms with Gasteiger partial charge in [-0.2, -0.15) is 0 Å². The number of thiocarbonyl (C=S) groups is 1. The molecular weight excluding hydrogens is 418 g/mol. The van der Waals surface area contributed by atoms with Crippen LogP contribution in [0.25, 0.3) is 0 Å². The van der Waals surface area contributed by atoms with E-state index < -0.39 is 6.04 Å². The molecule has 8 heteroatoms. The van der Waals surface area contributed by atoms with E-state index in [1.54, 1.807) is 16.2 Å².